The minimum atomic E-state index is 0.566. The summed E-state index contributed by atoms with van der Waals surface area (Å²) in [6.07, 6.45) is 3.39. The Hall–Kier alpha value is -1.48. The molecule has 0 unspecified atom stereocenters. The van der Waals surface area contributed by atoms with Gasteiger partial charge in [-0.15, -0.1) is 0 Å². The first-order valence-electron chi connectivity index (χ1n) is 4.21. The highest BCUT2D eigenvalue weighted by Gasteiger charge is 2.01. The number of hydrogen-bond acceptors (Lipinski definition) is 3. The van der Waals surface area contributed by atoms with E-state index >= 15 is 0 Å². The van der Waals surface area contributed by atoms with Crippen molar-refractivity contribution in [1.29, 1.82) is 0 Å². The lowest BCUT2D eigenvalue weighted by molar-refractivity contribution is 1.05. The fourth-order valence-electron chi connectivity index (χ4n) is 1.46. The topological polar surface area (TPSA) is 51.8 Å². The number of hydrogen-bond donors (Lipinski definition) is 1. The molecule has 0 spiro atoms. The molecule has 0 amide bonds. The maximum absolute atomic E-state index is 5.60. The summed E-state index contributed by atoms with van der Waals surface area (Å²) in [6.45, 7) is 2.62. The van der Waals surface area contributed by atoms with Gasteiger partial charge in [0.25, 0.3) is 0 Å². The average molecular weight is 173 g/mol. The van der Waals surface area contributed by atoms with E-state index in [9.17, 15) is 0 Å². The van der Waals surface area contributed by atoms with Gasteiger partial charge in [-0.2, -0.15) is 0 Å². The standard InChI is InChI=1S/C10H11N3/c1-7-8(4-11)2-3-10-9(7)5-12-6-13-10/h2-3,5-6H,4,11H2,1H3. The lowest BCUT2D eigenvalue weighted by Gasteiger charge is -2.05. The van der Waals surface area contributed by atoms with Crippen LogP contribution in [0.25, 0.3) is 10.9 Å². The van der Waals surface area contributed by atoms with Crippen molar-refractivity contribution in [1.82, 2.24) is 9.97 Å². The van der Waals surface area contributed by atoms with Crippen molar-refractivity contribution >= 4 is 10.9 Å². The van der Waals surface area contributed by atoms with Gasteiger partial charge < -0.3 is 5.73 Å². The molecule has 2 rings (SSSR count). The first-order valence-corrected chi connectivity index (χ1v) is 4.21. The van der Waals surface area contributed by atoms with Gasteiger partial charge in [0, 0.05) is 18.1 Å². The maximum Gasteiger partial charge on any atom is 0.116 e. The van der Waals surface area contributed by atoms with E-state index in [1.807, 2.05) is 25.3 Å². The summed E-state index contributed by atoms with van der Waals surface area (Å²) in [4.78, 5) is 8.16. The SMILES string of the molecule is Cc1c(CN)ccc2ncncc12. The molecule has 13 heavy (non-hydrogen) atoms. The Kier molecular flexibility index (Phi) is 1.94. The van der Waals surface area contributed by atoms with Gasteiger partial charge in [0.2, 0.25) is 0 Å². The highest BCUT2D eigenvalue weighted by molar-refractivity contribution is 5.82. The van der Waals surface area contributed by atoms with Crippen molar-refractivity contribution in [2.75, 3.05) is 0 Å². The number of nitrogens with two attached hydrogens (primary N) is 1. The number of nitrogens with zero attached hydrogens (tertiary/aromatic N) is 2. The van der Waals surface area contributed by atoms with Crippen LogP contribution in [0.3, 0.4) is 0 Å². The summed E-state index contributed by atoms with van der Waals surface area (Å²) in [6, 6.07) is 4.00. The summed E-state index contributed by atoms with van der Waals surface area (Å²) in [5.74, 6) is 0. The maximum atomic E-state index is 5.60. The molecule has 0 aliphatic heterocycles. The zero-order valence-electron chi connectivity index (χ0n) is 7.49. The summed E-state index contributed by atoms with van der Waals surface area (Å²) in [5.41, 5.74) is 8.91. The highest BCUT2D eigenvalue weighted by Crippen LogP contribution is 2.18. The van der Waals surface area contributed by atoms with Crippen molar-refractivity contribution in [3.05, 3.63) is 35.8 Å². The zero-order chi connectivity index (χ0) is 9.26. The number of aromatic nitrogens is 2. The first kappa shape index (κ1) is 8.13. The molecular formula is C10H11N3. The normalized spacial score (nSPS) is 10.6. The van der Waals surface area contributed by atoms with E-state index in [1.54, 1.807) is 6.33 Å². The summed E-state index contributed by atoms with van der Waals surface area (Å²) >= 11 is 0. The Morgan fingerprint density at radius 2 is 2.23 bits per heavy atom. The fourth-order valence-corrected chi connectivity index (χ4v) is 1.46. The van der Waals surface area contributed by atoms with Crippen LogP contribution in [0.1, 0.15) is 11.1 Å². The zero-order valence-corrected chi connectivity index (χ0v) is 7.49. The van der Waals surface area contributed by atoms with Gasteiger partial charge in [0.05, 0.1) is 5.52 Å². The van der Waals surface area contributed by atoms with E-state index in [4.69, 9.17) is 5.73 Å². The Morgan fingerprint density at radius 3 is 3.00 bits per heavy atom. The van der Waals surface area contributed by atoms with Crippen molar-refractivity contribution in [3.8, 4) is 0 Å². The minimum absolute atomic E-state index is 0.566. The van der Waals surface area contributed by atoms with Gasteiger partial charge >= 0.3 is 0 Å². The van der Waals surface area contributed by atoms with Crippen LogP contribution in [-0.2, 0) is 6.54 Å². The van der Waals surface area contributed by atoms with Crippen LogP contribution in [0.15, 0.2) is 24.7 Å². The predicted octanol–water partition coefficient (Wildman–Crippen LogP) is 1.40. The molecule has 3 nitrogen and oxygen atoms in total. The molecule has 0 saturated heterocycles. The molecule has 2 aromatic rings. The summed E-state index contributed by atoms with van der Waals surface area (Å²) in [5, 5.41) is 1.09. The summed E-state index contributed by atoms with van der Waals surface area (Å²) in [7, 11) is 0. The quantitative estimate of drug-likeness (QED) is 0.709. The first-order chi connectivity index (χ1) is 6.33. The Bertz CT molecular complexity index is 437. The molecule has 0 fully saturated rings. The Balaban J connectivity index is 2.79. The lowest BCUT2D eigenvalue weighted by Crippen LogP contribution is -1.99. The van der Waals surface area contributed by atoms with E-state index in [1.165, 1.54) is 5.56 Å². The fraction of sp³-hybridized carbons (Fsp3) is 0.200. The van der Waals surface area contributed by atoms with Crippen LogP contribution in [0.5, 0.6) is 0 Å². The predicted molar refractivity (Wildman–Crippen MR) is 52.2 cm³/mol. The number of aryl methyl sites for hydroxylation is 1. The molecule has 0 aliphatic rings. The van der Waals surface area contributed by atoms with Crippen molar-refractivity contribution in [3.63, 3.8) is 0 Å². The smallest absolute Gasteiger partial charge is 0.116 e. The van der Waals surface area contributed by atoms with E-state index in [0.717, 1.165) is 16.5 Å². The number of fused-ring (bicyclic) bond motifs is 1. The third-order valence-electron chi connectivity index (χ3n) is 2.29. The number of rotatable bonds is 1. The number of benzene rings is 1. The van der Waals surface area contributed by atoms with Crippen molar-refractivity contribution in [2.24, 2.45) is 5.73 Å². The van der Waals surface area contributed by atoms with E-state index in [2.05, 4.69) is 9.97 Å². The molecule has 0 bridgehead atoms. The molecule has 0 atom stereocenters. The Labute approximate surface area is 76.6 Å². The van der Waals surface area contributed by atoms with Crippen LogP contribution in [-0.4, -0.2) is 9.97 Å². The van der Waals surface area contributed by atoms with E-state index in [-0.39, 0.29) is 0 Å². The van der Waals surface area contributed by atoms with Crippen LogP contribution >= 0.6 is 0 Å². The second kappa shape index (κ2) is 3.11. The third kappa shape index (κ3) is 1.27. The van der Waals surface area contributed by atoms with E-state index < -0.39 is 0 Å². The molecule has 1 heterocycles. The van der Waals surface area contributed by atoms with Gasteiger partial charge in [-0.05, 0) is 24.1 Å². The van der Waals surface area contributed by atoms with Crippen LogP contribution in [0.4, 0.5) is 0 Å². The van der Waals surface area contributed by atoms with Gasteiger partial charge in [-0.1, -0.05) is 6.07 Å². The van der Waals surface area contributed by atoms with Crippen LogP contribution < -0.4 is 5.73 Å². The second-order valence-electron chi connectivity index (χ2n) is 3.01. The Morgan fingerprint density at radius 1 is 1.38 bits per heavy atom. The monoisotopic (exact) mass is 173 g/mol. The van der Waals surface area contributed by atoms with Crippen molar-refractivity contribution < 1.29 is 0 Å². The van der Waals surface area contributed by atoms with Gasteiger partial charge in [-0.3, -0.25) is 0 Å². The highest BCUT2D eigenvalue weighted by atomic mass is 14.8. The van der Waals surface area contributed by atoms with E-state index in [0.29, 0.717) is 6.54 Å². The molecular weight excluding hydrogens is 162 g/mol. The lowest BCUT2D eigenvalue weighted by atomic mass is 10.0. The second-order valence-corrected chi connectivity index (χ2v) is 3.01. The largest absolute Gasteiger partial charge is 0.326 e. The summed E-state index contributed by atoms with van der Waals surface area (Å²) < 4.78 is 0. The van der Waals surface area contributed by atoms with Crippen LogP contribution in [0.2, 0.25) is 0 Å². The minimum Gasteiger partial charge on any atom is -0.326 e. The molecule has 0 aliphatic carbocycles. The average Bonchev–Trinajstić information content (AvgIpc) is 2.19. The van der Waals surface area contributed by atoms with Gasteiger partial charge in [0.15, 0.2) is 0 Å². The molecule has 1 aromatic heterocycles. The van der Waals surface area contributed by atoms with Crippen LogP contribution in [0, 0.1) is 6.92 Å². The molecule has 2 N–H and O–H groups in total. The van der Waals surface area contributed by atoms with Gasteiger partial charge in [-0.25, -0.2) is 9.97 Å². The third-order valence-corrected chi connectivity index (χ3v) is 2.29. The molecule has 0 saturated carbocycles. The van der Waals surface area contributed by atoms with Crippen molar-refractivity contribution in [2.45, 2.75) is 13.5 Å². The molecule has 0 radical (unpaired) electrons. The molecule has 66 valence electrons. The molecule has 1 aromatic carbocycles. The van der Waals surface area contributed by atoms with Gasteiger partial charge in [0.1, 0.15) is 6.33 Å². The molecule has 3 heteroatoms.